The summed E-state index contributed by atoms with van der Waals surface area (Å²) in [5, 5.41) is 24.1. The molecule has 3 N–H and O–H groups in total. The number of amides is 1. The fourth-order valence-electron chi connectivity index (χ4n) is 4.70. The lowest BCUT2D eigenvalue weighted by Gasteiger charge is -2.21. The van der Waals surface area contributed by atoms with Crippen molar-refractivity contribution >= 4 is 18.1 Å². The molecule has 1 unspecified atom stereocenters. The van der Waals surface area contributed by atoms with Crippen LogP contribution in [0.25, 0.3) is 11.1 Å². The van der Waals surface area contributed by atoms with E-state index in [1.807, 2.05) is 12.1 Å². The minimum absolute atomic E-state index is 0.100. The van der Waals surface area contributed by atoms with Crippen molar-refractivity contribution in [1.29, 1.82) is 0 Å². The van der Waals surface area contributed by atoms with Crippen LogP contribution in [-0.2, 0) is 11.2 Å². The summed E-state index contributed by atoms with van der Waals surface area (Å²) in [6.07, 6.45) is 3.17. The van der Waals surface area contributed by atoms with Crippen molar-refractivity contribution in [3.05, 3.63) is 94.5 Å². The van der Waals surface area contributed by atoms with Gasteiger partial charge in [-0.1, -0.05) is 81.4 Å². The van der Waals surface area contributed by atoms with Gasteiger partial charge in [0.2, 0.25) is 0 Å². The molecule has 0 heterocycles. The average molecular weight is 515 g/mol. The molecule has 0 aromatic heterocycles. The summed E-state index contributed by atoms with van der Waals surface area (Å²) in [5.41, 5.74) is 7.03. The van der Waals surface area contributed by atoms with E-state index in [9.17, 15) is 14.8 Å². The Bertz CT molecular complexity index is 1250. The van der Waals surface area contributed by atoms with Crippen molar-refractivity contribution in [2.24, 2.45) is 11.1 Å². The third-order valence-electron chi connectivity index (χ3n) is 6.71. The van der Waals surface area contributed by atoms with Gasteiger partial charge in [-0.2, -0.15) is 0 Å². The highest BCUT2D eigenvalue weighted by Gasteiger charge is 2.17. The standard InChI is InChI=1S/C32H38N2O4/c1-21(2)17-28(25-8-12-27(13-9-25)32(37)33-16-15-31(35)36)18-23-5-14-30(29(19-23)20-34-38)26-10-6-24(7-11-26)22(3)4/h5-14,19-22,28,38H,15-18H2,1-4H3,(H,33,37)(H,35,36)/b34-20+. The minimum atomic E-state index is -0.942. The molecule has 0 radical (unpaired) electrons. The molecule has 0 aliphatic carbocycles. The number of rotatable bonds is 12. The quantitative estimate of drug-likeness (QED) is 0.140. The zero-order valence-electron chi connectivity index (χ0n) is 22.6. The summed E-state index contributed by atoms with van der Waals surface area (Å²) in [5.74, 6) is -0.0283. The maximum absolute atomic E-state index is 12.3. The van der Waals surface area contributed by atoms with Gasteiger partial charge < -0.3 is 15.6 Å². The molecular weight excluding hydrogens is 476 g/mol. The van der Waals surface area contributed by atoms with Crippen LogP contribution in [0.2, 0.25) is 0 Å². The van der Waals surface area contributed by atoms with Gasteiger partial charge >= 0.3 is 5.97 Å². The van der Waals surface area contributed by atoms with Crippen LogP contribution >= 0.6 is 0 Å². The Hall–Kier alpha value is -3.93. The van der Waals surface area contributed by atoms with Crippen LogP contribution in [0.1, 0.15) is 85.0 Å². The lowest BCUT2D eigenvalue weighted by Crippen LogP contribution is -2.26. The molecule has 3 aromatic rings. The van der Waals surface area contributed by atoms with Gasteiger partial charge in [0.1, 0.15) is 0 Å². The molecule has 3 aromatic carbocycles. The maximum Gasteiger partial charge on any atom is 0.305 e. The van der Waals surface area contributed by atoms with Crippen molar-refractivity contribution in [1.82, 2.24) is 5.32 Å². The van der Waals surface area contributed by atoms with Gasteiger partial charge in [0, 0.05) is 17.7 Å². The van der Waals surface area contributed by atoms with Gasteiger partial charge in [-0.15, -0.1) is 0 Å². The predicted octanol–water partition coefficient (Wildman–Crippen LogP) is 6.86. The van der Waals surface area contributed by atoms with Crippen LogP contribution in [0.5, 0.6) is 0 Å². The molecule has 0 bridgehead atoms. The van der Waals surface area contributed by atoms with E-state index >= 15 is 0 Å². The second-order valence-electron chi connectivity index (χ2n) is 10.5. The highest BCUT2D eigenvalue weighted by Crippen LogP contribution is 2.31. The fraction of sp³-hybridized carbons (Fsp3) is 0.344. The Morgan fingerprint density at radius 2 is 1.58 bits per heavy atom. The summed E-state index contributed by atoms with van der Waals surface area (Å²) >= 11 is 0. The van der Waals surface area contributed by atoms with E-state index in [0.29, 0.717) is 17.4 Å². The Kier molecular flexibility index (Phi) is 10.2. The van der Waals surface area contributed by atoms with E-state index in [-0.39, 0.29) is 24.8 Å². The largest absolute Gasteiger partial charge is 0.481 e. The van der Waals surface area contributed by atoms with E-state index in [1.165, 1.54) is 11.8 Å². The number of oxime groups is 1. The van der Waals surface area contributed by atoms with Crippen molar-refractivity contribution < 1.29 is 19.9 Å². The zero-order valence-corrected chi connectivity index (χ0v) is 22.6. The molecular formula is C32H38N2O4. The molecule has 38 heavy (non-hydrogen) atoms. The summed E-state index contributed by atoms with van der Waals surface area (Å²) < 4.78 is 0. The minimum Gasteiger partial charge on any atom is -0.481 e. The number of carbonyl (C=O) groups is 2. The molecule has 0 saturated carbocycles. The number of nitrogens with zero attached hydrogens (tertiary/aromatic N) is 1. The molecule has 0 spiro atoms. The normalized spacial score (nSPS) is 12.3. The van der Waals surface area contributed by atoms with Gasteiger partial charge in [0.05, 0.1) is 12.6 Å². The third kappa shape index (κ3) is 8.04. The van der Waals surface area contributed by atoms with Crippen molar-refractivity contribution in [2.75, 3.05) is 6.54 Å². The molecule has 0 aliphatic heterocycles. The molecule has 3 rings (SSSR count). The number of hydrogen-bond acceptors (Lipinski definition) is 4. The SMILES string of the molecule is CC(C)CC(Cc1ccc(-c2ccc(C(C)C)cc2)c(/C=N/O)c1)c1ccc(C(=O)NCCC(=O)O)cc1. The second-order valence-corrected chi connectivity index (χ2v) is 10.5. The molecule has 1 amide bonds. The monoisotopic (exact) mass is 514 g/mol. The molecule has 0 aliphatic rings. The number of aliphatic carboxylic acids is 1. The molecule has 0 saturated heterocycles. The Balaban J connectivity index is 1.82. The molecule has 0 fully saturated rings. The van der Waals surface area contributed by atoms with Gasteiger partial charge in [-0.05, 0) is 76.6 Å². The van der Waals surface area contributed by atoms with Gasteiger partial charge in [0.15, 0.2) is 0 Å². The number of benzene rings is 3. The fourth-order valence-corrected chi connectivity index (χ4v) is 4.70. The van der Waals surface area contributed by atoms with Crippen LogP contribution in [-0.4, -0.2) is 34.9 Å². The lowest BCUT2D eigenvalue weighted by molar-refractivity contribution is -0.136. The smallest absolute Gasteiger partial charge is 0.305 e. The van der Waals surface area contributed by atoms with Crippen LogP contribution in [0.15, 0.2) is 71.9 Å². The molecule has 1 atom stereocenters. The van der Waals surface area contributed by atoms with E-state index < -0.39 is 5.97 Å². The Labute approximate surface area is 225 Å². The Morgan fingerprint density at radius 3 is 2.16 bits per heavy atom. The highest BCUT2D eigenvalue weighted by atomic mass is 16.4. The van der Waals surface area contributed by atoms with E-state index in [4.69, 9.17) is 5.11 Å². The van der Waals surface area contributed by atoms with Gasteiger partial charge in [0.25, 0.3) is 5.91 Å². The van der Waals surface area contributed by atoms with Crippen LogP contribution < -0.4 is 5.32 Å². The maximum atomic E-state index is 12.3. The number of hydrogen-bond donors (Lipinski definition) is 3. The van der Waals surface area contributed by atoms with E-state index in [0.717, 1.165) is 40.7 Å². The Morgan fingerprint density at radius 1 is 0.921 bits per heavy atom. The van der Waals surface area contributed by atoms with Gasteiger partial charge in [-0.25, -0.2) is 0 Å². The first-order valence-corrected chi connectivity index (χ1v) is 13.2. The van der Waals surface area contributed by atoms with E-state index in [1.54, 1.807) is 12.1 Å². The molecule has 200 valence electrons. The first-order chi connectivity index (χ1) is 18.2. The van der Waals surface area contributed by atoms with Gasteiger partial charge in [-0.3, -0.25) is 9.59 Å². The van der Waals surface area contributed by atoms with Crippen LogP contribution in [0.4, 0.5) is 0 Å². The van der Waals surface area contributed by atoms with Crippen molar-refractivity contribution in [3.63, 3.8) is 0 Å². The number of carboxylic acid groups (broad SMARTS) is 1. The lowest BCUT2D eigenvalue weighted by atomic mass is 9.84. The van der Waals surface area contributed by atoms with E-state index in [2.05, 4.69) is 80.6 Å². The predicted molar refractivity (Wildman–Crippen MR) is 152 cm³/mol. The summed E-state index contributed by atoms with van der Waals surface area (Å²) in [7, 11) is 0. The molecule has 6 nitrogen and oxygen atoms in total. The third-order valence-corrected chi connectivity index (χ3v) is 6.71. The first kappa shape index (κ1) is 28.6. The highest BCUT2D eigenvalue weighted by molar-refractivity contribution is 5.94. The summed E-state index contributed by atoms with van der Waals surface area (Å²) in [4.78, 5) is 23.0. The topological polar surface area (TPSA) is 99.0 Å². The average Bonchev–Trinajstić information content (AvgIpc) is 2.88. The first-order valence-electron chi connectivity index (χ1n) is 13.2. The van der Waals surface area contributed by atoms with Crippen molar-refractivity contribution in [2.45, 2.75) is 58.8 Å². The van der Waals surface area contributed by atoms with Crippen LogP contribution in [0, 0.1) is 5.92 Å². The molecule has 6 heteroatoms. The van der Waals surface area contributed by atoms with Crippen molar-refractivity contribution in [3.8, 4) is 11.1 Å². The number of carbonyl (C=O) groups excluding carboxylic acids is 1. The number of carboxylic acids is 1. The van der Waals surface area contributed by atoms with Crippen LogP contribution in [0.3, 0.4) is 0 Å². The second kappa shape index (κ2) is 13.6. The number of nitrogens with one attached hydrogen (secondary N) is 1. The summed E-state index contributed by atoms with van der Waals surface area (Å²) in [6.45, 7) is 8.84. The summed E-state index contributed by atoms with van der Waals surface area (Å²) in [6, 6.07) is 22.4. The zero-order chi connectivity index (χ0) is 27.7.